The predicted octanol–water partition coefficient (Wildman–Crippen LogP) is 2.79. The minimum absolute atomic E-state index is 0.0525. The number of hydrogen-bond acceptors (Lipinski definition) is 4. The molecule has 7 heteroatoms. The summed E-state index contributed by atoms with van der Waals surface area (Å²) in [5.41, 5.74) is 2.88. The molecule has 0 aliphatic carbocycles. The highest BCUT2D eigenvalue weighted by molar-refractivity contribution is 6.03. The second-order valence-electron chi connectivity index (χ2n) is 6.67. The summed E-state index contributed by atoms with van der Waals surface area (Å²) in [6.45, 7) is 2.90. The van der Waals surface area contributed by atoms with E-state index in [9.17, 15) is 14.4 Å². The van der Waals surface area contributed by atoms with Crippen LogP contribution in [0.4, 0.5) is 5.69 Å². The van der Waals surface area contributed by atoms with E-state index < -0.39 is 0 Å². The standard InChI is InChI=1S/C22H24N4O3/c1-2-23-22(29)17-9-6-10-18(15-17)24-20(27)11-12-21(28)26-14-13-19(25-26)16-7-4-3-5-8-16/h3-10,15H,2,11-14H2,1H3,(H,23,29)(H,24,27). The predicted molar refractivity (Wildman–Crippen MR) is 112 cm³/mol. The van der Waals surface area contributed by atoms with Crippen LogP contribution in [-0.2, 0) is 9.59 Å². The van der Waals surface area contributed by atoms with Crippen LogP contribution in [0.3, 0.4) is 0 Å². The Morgan fingerprint density at radius 1 is 1.03 bits per heavy atom. The fourth-order valence-corrected chi connectivity index (χ4v) is 3.04. The normalized spacial score (nSPS) is 13.0. The molecule has 2 aromatic rings. The van der Waals surface area contributed by atoms with E-state index in [1.54, 1.807) is 24.3 Å². The average molecular weight is 392 g/mol. The highest BCUT2D eigenvalue weighted by atomic mass is 16.2. The molecule has 3 amide bonds. The second kappa shape index (κ2) is 9.64. The van der Waals surface area contributed by atoms with Gasteiger partial charge in [-0.2, -0.15) is 5.10 Å². The number of hydrazone groups is 1. The van der Waals surface area contributed by atoms with E-state index in [0.29, 0.717) is 30.8 Å². The monoisotopic (exact) mass is 392 g/mol. The van der Waals surface area contributed by atoms with Crippen molar-refractivity contribution in [2.45, 2.75) is 26.2 Å². The molecule has 1 aliphatic heterocycles. The molecule has 2 aromatic carbocycles. The highest BCUT2D eigenvalue weighted by Crippen LogP contribution is 2.16. The van der Waals surface area contributed by atoms with Crippen molar-refractivity contribution in [1.82, 2.24) is 10.3 Å². The van der Waals surface area contributed by atoms with E-state index >= 15 is 0 Å². The highest BCUT2D eigenvalue weighted by Gasteiger charge is 2.22. The Morgan fingerprint density at radius 2 is 1.83 bits per heavy atom. The van der Waals surface area contributed by atoms with Gasteiger partial charge in [-0.15, -0.1) is 0 Å². The maximum absolute atomic E-state index is 12.4. The molecule has 0 saturated carbocycles. The molecule has 0 unspecified atom stereocenters. The minimum atomic E-state index is -0.280. The molecule has 29 heavy (non-hydrogen) atoms. The van der Waals surface area contributed by atoms with E-state index in [-0.39, 0.29) is 30.6 Å². The van der Waals surface area contributed by atoms with Gasteiger partial charge in [-0.05, 0) is 30.7 Å². The summed E-state index contributed by atoms with van der Waals surface area (Å²) in [7, 11) is 0. The molecule has 7 nitrogen and oxygen atoms in total. The number of anilines is 1. The Labute approximate surface area is 169 Å². The van der Waals surface area contributed by atoms with Crippen LogP contribution >= 0.6 is 0 Å². The van der Waals surface area contributed by atoms with E-state index in [2.05, 4.69) is 15.7 Å². The first-order valence-corrected chi connectivity index (χ1v) is 9.68. The van der Waals surface area contributed by atoms with Crippen molar-refractivity contribution in [3.05, 3.63) is 65.7 Å². The van der Waals surface area contributed by atoms with Crippen LogP contribution in [0, 0.1) is 0 Å². The number of rotatable bonds is 7. The first-order valence-electron chi connectivity index (χ1n) is 9.68. The smallest absolute Gasteiger partial charge is 0.251 e. The van der Waals surface area contributed by atoms with Gasteiger partial charge in [0.05, 0.1) is 12.3 Å². The number of amides is 3. The van der Waals surface area contributed by atoms with Crippen LogP contribution in [0.25, 0.3) is 0 Å². The molecule has 0 atom stereocenters. The van der Waals surface area contributed by atoms with Crippen molar-refractivity contribution in [2.24, 2.45) is 5.10 Å². The number of carbonyl (C=O) groups excluding carboxylic acids is 3. The van der Waals surface area contributed by atoms with E-state index in [4.69, 9.17) is 0 Å². The van der Waals surface area contributed by atoms with E-state index in [1.165, 1.54) is 5.01 Å². The quantitative estimate of drug-likeness (QED) is 0.759. The maximum atomic E-state index is 12.4. The van der Waals surface area contributed by atoms with Crippen molar-refractivity contribution < 1.29 is 14.4 Å². The Kier molecular flexibility index (Phi) is 6.73. The molecule has 150 valence electrons. The lowest BCUT2D eigenvalue weighted by Crippen LogP contribution is -2.25. The Bertz CT molecular complexity index is 925. The first-order chi connectivity index (χ1) is 14.1. The lowest BCUT2D eigenvalue weighted by atomic mass is 10.1. The summed E-state index contributed by atoms with van der Waals surface area (Å²) >= 11 is 0. The maximum Gasteiger partial charge on any atom is 0.251 e. The van der Waals surface area contributed by atoms with Gasteiger partial charge in [-0.3, -0.25) is 14.4 Å². The van der Waals surface area contributed by atoms with Gasteiger partial charge in [0.25, 0.3) is 5.91 Å². The van der Waals surface area contributed by atoms with Crippen molar-refractivity contribution in [3.8, 4) is 0 Å². The third-order valence-electron chi connectivity index (χ3n) is 4.51. The minimum Gasteiger partial charge on any atom is -0.352 e. The molecule has 3 rings (SSSR count). The van der Waals surface area contributed by atoms with Gasteiger partial charge in [0.15, 0.2) is 0 Å². The molecule has 0 aromatic heterocycles. The summed E-state index contributed by atoms with van der Waals surface area (Å²) in [5, 5.41) is 11.3. The molecule has 0 radical (unpaired) electrons. The largest absolute Gasteiger partial charge is 0.352 e. The summed E-state index contributed by atoms with van der Waals surface area (Å²) < 4.78 is 0. The Morgan fingerprint density at radius 3 is 2.59 bits per heavy atom. The van der Waals surface area contributed by atoms with Crippen LogP contribution in [-0.4, -0.2) is 41.5 Å². The van der Waals surface area contributed by atoms with Crippen molar-refractivity contribution >= 4 is 29.1 Å². The topological polar surface area (TPSA) is 90.9 Å². The van der Waals surface area contributed by atoms with Gasteiger partial charge in [0.1, 0.15) is 0 Å². The molecular weight excluding hydrogens is 368 g/mol. The van der Waals surface area contributed by atoms with Crippen molar-refractivity contribution in [3.63, 3.8) is 0 Å². The van der Waals surface area contributed by atoms with Gasteiger partial charge in [0, 0.05) is 37.1 Å². The zero-order valence-electron chi connectivity index (χ0n) is 16.4. The lowest BCUT2D eigenvalue weighted by Gasteiger charge is -2.11. The van der Waals surface area contributed by atoms with Crippen LogP contribution in [0.2, 0.25) is 0 Å². The number of benzene rings is 2. The van der Waals surface area contributed by atoms with Crippen LogP contribution in [0.1, 0.15) is 42.1 Å². The van der Waals surface area contributed by atoms with Crippen LogP contribution in [0.15, 0.2) is 59.7 Å². The average Bonchev–Trinajstić information content (AvgIpc) is 3.23. The van der Waals surface area contributed by atoms with Gasteiger partial charge >= 0.3 is 0 Å². The fraction of sp³-hybridized carbons (Fsp3) is 0.273. The van der Waals surface area contributed by atoms with Gasteiger partial charge in [-0.25, -0.2) is 5.01 Å². The van der Waals surface area contributed by atoms with Crippen LogP contribution in [0.5, 0.6) is 0 Å². The third-order valence-corrected chi connectivity index (χ3v) is 4.51. The van der Waals surface area contributed by atoms with Gasteiger partial charge in [0.2, 0.25) is 11.8 Å². The zero-order valence-corrected chi connectivity index (χ0v) is 16.4. The SMILES string of the molecule is CCNC(=O)c1cccc(NC(=O)CCC(=O)N2CCC(c3ccccc3)=N2)c1. The molecule has 1 aliphatic rings. The molecular formula is C22H24N4O3. The molecule has 0 saturated heterocycles. The first kappa shape index (κ1) is 20.3. The van der Waals surface area contributed by atoms with Gasteiger partial charge < -0.3 is 10.6 Å². The molecule has 0 spiro atoms. The molecule has 2 N–H and O–H groups in total. The second-order valence-corrected chi connectivity index (χ2v) is 6.67. The third kappa shape index (κ3) is 5.51. The fourth-order valence-electron chi connectivity index (χ4n) is 3.04. The summed E-state index contributed by atoms with van der Waals surface area (Å²) in [4.78, 5) is 36.5. The summed E-state index contributed by atoms with van der Waals surface area (Å²) in [5.74, 6) is -0.653. The Hall–Kier alpha value is -3.48. The van der Waals surface area contributed by atoms with Crippen molar-refractivity contribution in [1.29, 1.82) is 0 Å². The number of nitrogens with zero attached hydrogens (tertiary/aromatic N) is 2. The van der Waals surface area contributed by atoms with E-state index in [0.717, 1.165) is 11.3 Å². The molecule has 1 heterocycles. The number of nitrogens with one attached hydrogen (secondary N) is 2. The molecule has 0 fully saturated rings. The van der Waals surface area contributed by atoms with E-state index in [1.807, 2.05) is 37.3 Å². The summed E-state index contributed by atoms with van der Waals surface area (Å²) in [6, 6.07) is 16.5. The van der Waals surface area contributed by atoms with Crippen LogP contribution < -0.4 is 10.6 Å². The number of hydrogen-bond donors (Lipinski definition) is 2. The van der Waals surface area contributed by atoms with Crippen molar-refractivity contribution in [2.75, 3.05) is 18.4 Å². The zero-order chi connectivity index (χ0) is 20.6. The number of carbonyl (C=O) groups is 3. The summed E-state index contributed by atoms with van der Waals surface area (Å²) in [6.07, 6.45) is 0.832. The molecule has 0 bridgehead atoms. The van der Waals surface area contributed by atoms with Gasteiger partial charge in [-0.1, -0.05) is 36.4 Å². The lowest BCUT2D eigenvalue weighted by molar-refractivity contribution is -0.132. The Balaban J connectivity index is 1.51.